The summed E-state index contributed by atoms with van der Waals surface area (Å²) in [6.07, 6.45) is 0.0481. The van der Waals surface area contributed by atoms with Crippen molar-refractivity contribution in [3.63, 3.8) is 0 Å². The van der Waals surface area contributed by atoms with Crippen LogP contribution in [0.4, 0.5) is 0 Å². The van der Waals surface area contributed by atoms with Gasteiger partial charge >= 0.3 is 0 Å². The van der Waals surface area contributed by atoms with Gasteiger partial charge < -0.3 is 10.5 Å². The fraction of sp³-hybridized carbons (Fsp3) is 0.500. The van der Waals surface area contributed by atoms with Gasteiger partial charge in [-0.3, -0.25) is 9.69 Å². The minimum Gasteiger partial charge on any atom is -0.352 e. The number of benzene rings is 1. The van der Waals surface area contributed by atoms with Crippen molar-refractivity contribution in [2.24, 2.45) is 5.73 Å². The molecule has 0 radical (unpaired) electrons. The number of ether oxygens (including phenoxy) is 1. The molecule has 2 aliphatic rings. The van der Waals surface area contributed by atoms with Gasteiger partial charge in [0, 0.05) is 6.42 Å². The fourth-order valence-corrected chi connectivity index (χ4v) is 4.92. The van der Waals surface area contributed by atoms with Gasteiger partial charge in [-0.15, -0.1) is 0 Å². The van der Waals surface area contributed by atoms with E-state index in [0.717, 1.165) is 0 Å². The van der Waals surface area contributed by atoms with Crippen molar-refractivity contribution in [1.82, 2.24) is 4.90 Å². The van der Waals surface area contributed by atoms with E-state index in [2.05, 4.69) is 0 Å². The molecule has 1 aromatic carbocycles. The number of rotatable bonds is 2. The number of carbonyl (C=O) groups excluding carboxylic acids is 1. The molecule has 0 aliphatic carbocycles. The standard InChI is InChI=1S/C14H18N2O4S/c1-13(2)16-12(17)11(8-14(16,15)9-20-13)21(18,19)10-6-4-3-5-7-10/h3-7,11H,8-9,15H2,1-2H3/t11?,14-/m0/s1. The molecule has 3 rings (SSSR count). The van der Waals surface area contributed by atoms with Gasteiger partial charge in [0.15, 0.2) is 9.84 Å². The third-order valence-electron chi connectivity index (χ3n) is 4.14. The zero-order valence-corrected chi connectivity index (χ0v) is 12.8. The Labute approximate surface area is 123 Å². The average molecular weight is 310 g/mol. The molecular weight excluding hydrogens is 292 g/mol. The summed E-state index contributed by atoms with van der Waals surface area (Å²) in [6.45, 7) is 3.58. The smallest absolute Gasteiger partial charge is 0.245 e. The predicted molar refractivity (Wildman–Crippen MR) is 75.8 cm³/mol. The molecule has 114 valence electrons. The van der Waals surface area contributed by atoms with Crippen LogP contribution in [0.25, 0.3) is 0 Å². The van der Waals surface area contributed by atoms with Gasteiger partial charge in [-0.25, -0.2) is 8.42 Å². The van der Waals surface area contributed by atoms with Crippen molar-refractivity contribution < 1.29 is 17.9 Å². The van der Waals surface area contributed by atoms with Crippen molar-refractivity contribution in [2.45, 2.75) is 41.8 Å². The zero-order valence-electron chi connectivity index (χ0n) is 11.9. The molecule has 7 heteroatoms. The van der Waals surface area contributed by atoms with Gasteiger partial charge in [-0.05, 0) is 26.0 Å². The molecule has 0 spiro atoms. The first kappa shape index (κ1) is 14.5. The highest BCUT2D eigenvalue weighted by molar-refractivity contribution is 7.92. The number of nitrogens with two attached hydrogens (primary N) is 1. The first-order chi connectivity index (χ1) is 9.68. The summed E-state index contributed by atoms with van der Waals surface area (Å²) >= 11 is 0. The quantitative estimate of drug-likeness (QED) is 0.858. The Kier molecular flexibility index (Phi) is 2.96. The molecule has 21 heavy (non-hydrogen) atoms. The molecule has 0 bridgehead atoms. The second-order valence-electron chi connectivity index (χ2n) is 6.06. The van der Waals surface area contributed by atoms with Crippen LogP contribution in [0.1, 0.15) is 20.3 Å². The van der Waals surface area contributed by atoms with E-state index < -0.39 is 32.4 Å². The molecule has 0 saturated carbocycles. The van der Waals surface area contributed by atoms with Crippen molar-refractivity contribution in [2.75, 3.05) is 6.61 Å². The Morgan fingerprint density at radius 2 is 1.90 bits per heavy atom. The van der Waals surface area contributed by atoms with Gasteiger partial charge in [0.05, 0.1) is 11.5 Å². The average Bonchev–Trinajstić information content (AvgIpc) is 2.84. The van der Waals surface area contributed by atoms with Crippen LogP contribution in [0, 0.1) is 0 Å². The van der Waals surface area contributed by atoms with E-state index >= 15 is 0 Å². The minimum absolute atomic E-state index is 0.0481. The number of hydrogen-bond acceptors (Lipinski definition) is 5. The van der Waals surface area contributed by atoms with E-state index in [4.69, 9.17) is 10.5 Å². The van der Waals surface area contributed by atoms with Crippen molar-refractivity contribution in [1.29, 1.82) is 0 Å². The summed E-state index contributed by atoms with van der Waals surface area (Å²) in [5, 5.41) is -1.15. The summed E-state index contributed by atoms with van der Waals surface area (Å²) in [6, 6.07) is 8.00. The lowest BCUT2D eigenvalue weighted by atomic mass is 10.1. The van der Waals surface area contributed by atoms with E-state index in [9.17, 15) is 13.2 Å². The SMILES string of the molecule is CC1(C)OC[C@]2(N)CC(S(=O)(=O)c3ccccc3)C(=O)N12. The minimum atomic E-state index is -3.74. The number of nitrogens with zero attached hydrogens (tertiary/aromatic N) is 1. The summed E-state index contributed by atoms with van der Waals surface area (Å²) in [4.78, 5) is 14.1. The summed E-state index contributed by atoms with van der Waals surface area (Å²) < 4.78 is 30.9. The first-order valence-electron chi connectivity index (χ1n) is 6.74. The maximum Gasteiger partial charge on any atom is 0.245 e. The molecule has 1 aromatic rings. The topological polar surface area (TPSA) is 89.7 Å². The van der Waals surface area contributed by atoms with Crippen molar-refractivity contribution >= 4 is 15.7 Å². The van der Waals surface area contributed by atoms with E-state index in [1.165, 1.54) is 17.0 Å². The van der Waals surface area contributed by atoms with Crippen LogP contribution in [0.5, 0.6) is 0 Å². The molecule has 2 N–H and O–H groups in total. The number of fused-ring (bicyclic) bond motifs is 1. The third kappa shape index (κ3) is 1.99. The maximum atomic E-state index is 12.7. The van der Waals surface area contributed by atoms with E-state index in [-0.39, 0.29) is 17.9 Å². The van der Waals surface area contributed by atoms with Crippen LogP contribution >= 0.6 is 0 Å². The van der Waals surface area contributed by atoms with E-state index in [1.807, 2.05) is 0 Å². The van der Waals surface area contributed by atoms with Gasteiger partial charge in [0.25, 0.3) is 0 Å². The lowest BCUT2D eigenvalue weighted by Crippen LogP contribution is -2.56. The Bertz CT molecular complexity index is 686. The highest BCUT2D eigenvalue weighted by Gasteiger charge is 2.62. The lowest BCUT2D eigenvalue weighted by molar-refractivity contribution is -0.143. The Morgan fingerprint density at radius 3 is 2.48 bits per heavy atom. The largest absolute Gasteiger partial charge is 0.352 e. The van der Waals surface area contributed by atoms with Gasteiger partial charge in [-0.1, -0.05) is 18.2 Å². The second kappa shape index (κ2) is 4.28. The molecule has 0 aromatic heterocycles. The van der Waals surface area contributed by atoms with Crippen LogP contribution < -0.4 is 5.73 Å². The Hall–Kier alpha value is -1.44. The molecular formula is C14H18N2O4S. The number of amides is 1. The number of sulfone groups is 1. The normalized spacial score (nSPS) is 31.5. The Balaban J connectivity index is 2.02. The summed E-state index contributed by atoms with van der Waals surface area (Å²) in [5.74, 6) is -0.483. The number of hydrogen-bond donors (Lipinski definition) is 1. The van der Waals surface area contributed by atoms with Gasteiger partial charge in [0.1, 0.15) is 16.6 Å². The predicted octanol–water partition coefficient (Wildman–Crippen LogP) is 0.482. The molecule has 1 unspecified atom stereocenters. The summed E-state index contributed by atoms with van der Waals surface area (Å²) in [5.41, 5.74) is 4.28. The molecule has 1 amide bonds. The summed E-state index contributed by atoms with van der Waals surface area (Å²) in [7, 11) is -3.74. The molecule has 2 atom stereocenters. The van der Waals surface area contributed by atoms with E-state index in [0.29, 0.717) is 0 Å². The highest BCUT2D eigenvalue weighted by atomic mass is 32.2. The second-order valence-corrected chi connectivity index (χ2v) is 8.19. The molecule has 2 fully saturated rings. The molecule has 2 saturated heterocycles. The zero-order chi connectivity index (χ0) is 15.5. The molecule has 2 heterocycles. The van der Waals surface area contributed by atoms with Crippen LogP contribution in [-0.4, -0.2) is 42.5 Å². The fourth-order valence-electron chi connectivity index (χ4n) is 3.17. The van der Waals surface area contributed by atoms with Crippen LogP contribution in [0.2, 0.25) is 0 Å². The highest BCUT2D eigenvalue weighted by Crippen LogP contribution is 2.43. The van der Waals surface area contributed by atoms with Crippen LogP contribution in [0.15, 0.2) is 35.2 Å². The van der Waals surface area contributed by atoms with Crippen LogP contribution in [-0.2, 0) is 19.4 Å². The van der Waals surface area contributed by atoms with Crippen LogP contribution in [0.3, 0.4) is 0 Å². The number of carbonyl (C=O) groups is 1. The third-order valence-corrected chi connectivity index (χ3v) is 6.19. The molecule has 6 nitrogen and oxygen atoms in total. The van der Waals surface area contributed by atoms with E-state index in [1.54, 1.807) is 32.0 Å². The molecule has 2 aliphatic heterocycles. The van der Waals surface area contributed by atoms with Crippen molar-refractivity contribution in [3.05, 3.63) is 30.3 Å². The van der Waals surface area contributed by atoms with Gasteiger partial charge in [0.2, 0.25) is 5.91 Å². The maximum absolute atomic E-state index is 12.7. The van der Waals surface area contributed by atoms with Crippen molar-refractivity contribution in [3.8, 4) is 0 Å². The lowest BCUT2D eigenvalue weighted by Gasteiger charge is -2.33. The Morgan fingerprint density at radius 1 is 1.29 bits per heavy atom. The van der Waals surface area contributed by atoms with Gasteiger partial charge in [-0.2, -0.15) is 0 Å². The first-order valence-corrected chi connectivity index (χ1v) is 8.29. The monoisotopic (exact) mass is 310 g/mol.